The van der Waals surface area contributed by atoms with Gasteiger partial charge in [0.25, 0.3) is 5.91 Å². The third-order valence-corrected chi connectivity index (χ3v) is 4.77. The number of amides is 1. The average Bonchev–Trinajstić information content (AvgIpc) is 3.27. The highest BCUT2D eigenvalue weighted by atomic mass is 16.5. The summed E-state index contributed by atoms with van der Waals surface area (Å²) < 4.78 is 10.7. The SMILES string of the molecule is CCOC(=O)c1ccc(-c2ccc(/C=N/NC(=O)c3cc4ccccc4cc3O)o2)cc1. The summed E-state index contributed by atoms with van der Waals surface area (Å²) in [5.41, 5.74) is 3.76. The van der Waals surface area contributed by atoms with Crippen LogP contribution < -0.4 is 5.43 Å². The van der Waals surface area contributed by atoms with E-state index < -0.39 is 5.91 Å². The van der Waals surface area contributed by atoms with Gasteiger partial charge in [-0.15, -0.1) is 0 Å². The molecule has 0 radical (unpaired) electrons. The minimum Gasteiger partial charge on any atom is -0.507 e. The van der Waals surface area contributed by atoms with Gasteiger partial charge >= 0.3 is 5.97 Å². The molecule has 1 amide bonds. The maximum atomic E-state index is 12.4. The Morgan fingerprint density at radius 1 is 1.03 bits per heavy atom. The molecule has 7 nitrogen and oxygen atoms in total. The number of hydrogen-bond acceptors (Lipinski definition) is 6. The van der Waals surface area contributed by atoms with Crippen molar-refractivity contribution in [3.05, 3.63) is 89.7 Å². The van der Waals surface area contributed by atoms with Gasteiger partial charge in [-0.05, 0) is 54.1 Å². The number of rotatable bonds is 6. The number of carbonyl (C=O) groups excluding carboxylic acids is 2. The van der Waals surface area contributed by atoms with Gasteiger partial charge in [-0.25, -0.2) is 10.2 Å². The Morgan fingerprint density at radius 2 is 1.75 bits per heavy atom. The number of phenols is 1. The number of hydrazone groups is 1. The molecule has 0 fully saturated rings. The summed E-state index contributed by atoms with van der Waals surface area (Å²) in [6.07, 6.45) is 1.37. The smallest absolute Gasteiger partial charge is 0.338 e. The summed E-state index contributed by atoms with van der Waals surface area (Å²) in [6, 6.07) is 20.9. The number of phenolic OH excluding ortho intramolecular Hbond substituents is 1. The van der Waals surface area contributed by atoms with Crippen LogP contribution in [0.5, 0.6) is 5.75 Å². The molecule has 2 N–H and O–H groups in total. The highest BCUT2D eigenvalue weighted by molar-refractivity contribution is 6.01. The second-order valence-electron chi connectivity index (χ2n) is 6.92. The van der Waals surface area contributed by atoms with E-state index in [1.807, 2.05) is 24.3 Å². The average molecular weight is 428 g/mol. The number of aromatic hydroxyl groups is 1. The fourth-order valence-corrected chi connectivity index (χ4v) is 3.19. The molecule has 32 heavy (non-hydrogen) atoms. The largest absolute Gasteiger partial charge is 0.507 e. The van der Waals surface area contributed by atoms with Crippen molar-refractivity contribution in [2.24, 2.45) is 5.10 Å². The fourth-order valence-electron chi connectivity index (χ4n) is 3.19. The van der Waals surface area contributed by atoms with Gasteiger partial charge in [-0.2, -0.15) is 5.10 Å². The maximum Gasteiger partial charge on any atom is 0.338 e. The molecule has 0 atom stereocenters. The van der Waals surface area contributed by atoms with E-state index in [1.165, 1.54) is 6.21 Å². The highest BCUT2D eigenvalue weighted by Gasteiger charge is 2.12. The summed E-state index contributed by atoms with van der Waals surface area (Å²) in [5.74, 6) is -0.0221. The second kappa shape index (κ2) is 9.18. The Morgan fingerprint density at radius 3 is 2.47 bits per heavy atom. The van der Waals surface area contributed by atoms with Gasteiger partial charge in [0, 0.05) is 5.56 Å². The van der Waals surface area contributed by atoms with Gasteiger partial charge in [0.15, 0.2) is 0 Å². The van der Waals surface area contributed by atoms with Gasteiger partial charge in [-0.3, -0.25) is 4.79 Å². The van der Waals surface area contributed by atoms with Gasteiger partial charge in [0.05, 0.1) is 23.9 Å². The van der Waals surface area contributed by atoms with Gasteiger partial charge in [-0.1, -0.05) is 36.4 Å². The molecule has 160 valence electrons. The minimum atomic E-state index is -0.536. The van der Waals surface area contributed by atoms with Crippen LogP contribution in [0.15, 0.2) is 82.3 Å². The number of hydrogen-bond donors (Lipinski definition) is 2. The molecule has 0 saturated carbocycles. The van der Waals surface area contributed by atoms with Crippen LogP contribution in [0.1, 0.15) is 33.4 Å². The maximum absolute atomic E-state index is 12.4. The minimum absolute atomic E-state index is 0.122. The van der Waals surface area contributed by atoms with Gasteiger partial charge in [0.2, 0.25) is 0 Å². The van der Waals surface area contributed by atoms with Crippen molar-refractivity contribution in [2.75, 3.05) is 6.61 Å². The van der Waals surface area contributed by atoms with E-state index in [-0.39, 0.29) is 17.3 Å². The lowest BCUT2D eigenvalue weighted by Crippen LogP contribution is -2.17. The molecule has 0 unspecified atom stereocenters. The molecule has 0 aliphatic heterocycles. The predicted molar refractivity (Wildman–Crippen MR) is 121 cm³/mol. The molecule has 1 aromatic heterocycles. The van der Waals surface area contributed by atoms with Gasteiger partial charge in [0.1, 0.15) is 17.3 Å². The van der Waals surface area contributed by atoms with Crippen molar-refractivity contribution < 1.29 is 23.8 Å². The van der Waals surface area contributed by atoms with Crippen LogP contribution in [-0.2, 0) is 4.74 Å². The van der Waals surface area contributed by atoms with Crippen LogP contribution in [0.2, 0.25) is 0 Å². The molecule has 0 spiro atoms. The first-order chi connectivity index (χ1) is 15.5. The molecule has 0 bridgehead atoms. The Hall–Kier alpha value is -4.39. The number of ether oxygens (including phenoxy) is 1. The van der Waals surface area contributed by atoms with E-state index in [9.17, 15) is 14.7 Å². The third kappa shape index (κ3) is 4.52. The van der Waals surface area contributed by atoms with Crippen LogP contribution in [0.3, 0.4) is 0 Å². The predicted octanol–water partition coefficient (Wildman–Crippen LogP) is 4.75. The molecule has 7 heteroatoms. The normalized spacial score (nSPS) is 11.0. The topological polar surface area (TPSA) is 101 Å². The van der Waals surface area contributed by atoms with E-state index in [1.54, 1.807) is 55.5 Å². The molecule has 0 aliphatic carbocycles. The highest BCUT2D eigenvalue weighted by Crippen LogP contribution is 2.25. The number of carbonyl (C=O) groups is 2. The number of benzene rings is 3. The number of esters is 1. The standard InChI is InChI=1S/C25H20N2O5/c1-2-31-25(30)17-9-7-16(8-10-17)23-12-11-20(32-23)15-26-27-24(29)21-13-18-5-3-4-6-19(18)14-22(21)28/h3-15,28H,2H2,1H3,(H,27,29)/b26-15+. The first-order valence-electron chi connectivity index (χ1n) is 9.97. The van der Waals surface area contributed by atoms with Crippen molar-refractivity contribution in [3.8, 4) is 17.1 Å². The second-order valence-corrected chi connectivity index (χ2v) is 6.92. The summed E-state index contributed by atoms with van der Waals surface area (Å²) in [5, 5.41) is 15.7. The first-order valence-corrected chi connectivity index (χ1v) is 9.97. The molecule has 4 aromatic rings. The van der Waals surface area contributed by atoms with Crippen molar-refractivity contribution in [1.82, 2.24) is 5.43 Å². The Balaban J connectivity index is 1.42. The summed E-state index contributed by atoms with van der Waals surface area (Å²) in [6.45, 7) is 2.07. The first kappa shape index (κ1) is 20.9. The molecular weight excluding hydrogens is 408 g/mol. The van der Waals surface area contributed by atoms with Crippen LogP contribution >= 0.6 is 0 Å². The van der Waals surface area contributed by atoms with Crippen LogP contribution in [0, 0.1) is 0 Å². The molecule has 0 saturated heterocycles. The van der Waals surface area contributed by atoms with E-state index in [0.29, 0.717) is 23.7 Å². The van der Waals surface area contributed by atoms with E-state index in [0.717, 1.165) is 16.3 Å². The van der Waals surface area contributed by atoms with Crippen LogP contribution in [-0.4, -0.2) is 29.8 Å². The van der Waals surface area contributed by atoms with Crippen molar-refractivity contribution >= 4 is 28.9 Å². The zero-order valence-corrected chi connectivity index (χ0v) is 17.2. The number of fused-ring (bicyclic) bond motifs is 1. The molecule has 0 aliphatic rings. The summed E-state index contributed by atoms with van der Waals surface area (Å²) in [4.78, 5) is 24.2. The summed E-state index contributed by atoms with van der Waals surface area (Å²) >= 11 is 0. The molecule has 4 rings (SSSR count). The van der Waals surface area contributed by atoms with Crippen molar-refractivity contribution in [3.63, 3.8) is 0 Å². The number of nitrogens with zero attached hydrogens (tertiary/aromatic N) is 1. The van der Waals surface area contributed by atoms with Crippen LogP contribution in [0.4, 0.5) is 0 Å². The zero-order chi connectivity index (χ0) is 22.5. The van der Waals surface area contributed by atoms with Crippen molar-refractivity contribution in [2.45, 2.75) is 6.92 Å². The van der Waals surface area contributed by atoms with Crippen molar-refractivity contribution in [1.29, 1.82) is 0 Å². The zero-order valence-electron chi connectivity index (χ0n) is 17.2. The Bertz CT molecular complexity index is 1310. The van der Waals surface area contributed by atoms with Crippen LogP contribution in [0.25, 0.3) is 22.1 Å². The van der Waals surface area contributed by atoms with Gasteiger partial charge < -0.3 is 14.3 Å². The van der Waals surface area contributed by atoms with E-state index in [4.69, 9.17) is 9.15 Å². The number of nitrogens with one attached hydrogen (secondary N) is 1. The molecule has 3 aromatic carbocycles. The van der Waals surface area contributed by atoms with E-state index in [2.05, 4.69) is 10.5 Å². The Kier molecular flexibility index (Phi) is 5.98. The fraction of sp³-hybridized carbons (Fsp3) is 0.0800. The third-order valence-electron chi connectivity index (χ3n) is 4.77. The summed E-state index contributed by atoms with van der Waals surface area (Å²) in [7, 11) is 0. The lowest BCUT2D eigenvalue weighted by atomic mass is 10.1. The molecule has 1 heterocycles. The molecular formula is C25H20N2O5. The quantitative estimate of drug-likeness (QED) is 0.262. The lowest BCUT2D eigenvalue weighted by molar-refractivity contribution is 0.0526. The van der Waals surface area contributed by atoms with E-state index >= 15 is 0 Å². The Labute approximate surface area is 183 Å². The lowest BCUT2D eigenvalue weighted by Gasteiger charge is -2.05. The number of furan rings is 1. The monoisotopic (exact) mass is 428 g/mol.